The second kappa shape index (κ2) is 6.46. The monoisotopic (exact) mass is 359 g/mol. The number of nitrogens with one attached hydrogen (secondary N) is 1. The van der Waals surface area contributed by atoms with Gasteiger partial charge in [-0.05, 0) is 49.2 Å². The third-order valence-electron chi connectivity index (χ3n) is 5.21. The molecule has 0 amide bonds. The molecule has 2 aromatic heterocycles. The number of nitrogen functional groups attached to an aromatic ring is 1. The molecule has 5 rings (SSSR count). The molecule has 0 unspecified atom stereocenters. The molecule has 3 N–H and O–H groups in total. The zero-order valence-electron chi connectivity index (χ0n) is 14.9. The van der Waals surface area contributed by atoms with E-state index in [2.05, 4.69) is 14.9 Å². The van der Waals surface area contributed by atoms with Gasteiger partial charge in [-0.3, -0.25) is 5.10 Å². The molecule has 0 atom stereocenters. The molecule has 27 heavy (non-hydrogen) atoms. The van der Waals surface area contributed by atoms with Crippen molar-refractivity contribution >= 4 is 16.9 Å². The highest BCUT2D eigenvalue weighted by Gasteiger charge is 2.25. The first-order chi connectivity index (χ1) is 13.3. The van der Waals surface area contributed by atoms with Crippen molar-refractivity contribution in [3.8, 4) is 22.8 Å². The van der Waals surface area contributed by atoms with Gasteiger partial charge in [0.1, 0.15) is 23.0 Å². The fourth-order valence-electron chi connectivity index (χ4n) is 3.86. The minimum atomic E-state index is 0.407. The number of ether oxygens (including phenoxy) is 1. The van der Waals surface area contributed by atoms with E-state index in [9.17, 15) is 0 Å². The summed E-state index contributed by atoms with van der Waals surface area (Å²) in [6, 6.07) is 18.1. The maximum Gasteiger partial charge on any atom is 0.182 e. The standard InChI is InChI=1S/C21H21N5O/c22-20-18-19(25-26(21(18)24-23-20)15-6-4-5-7-15)14-10-12-17(13-11-14)27-16-8-2-1-3-9-16/h1-3,8-13,15H,4-7H2,(H3,22,23,24). The molecular weight excluding hydrogens is 338 g/mol. The number of anilines is 1. The molecule has 2 aromatic carbocycles. The fraction of sp³-hybridized carbons (Fsp3) is 0.238. The normalized spacial score (nSPS) is 14.8. The van der Waals surface area contributed by atoms with Crippen molar-refractivity contribution in [2.24, 2.45) is 0 Å². The molecule has 0 bridgehead atoms. The SMILES string of the molecule is Nc1[nH]nc2c1c(-c1ccc(Oc3ccccc3)cc1)nn2C1CCCC1. The van der Waals surface area contributed by atoms with E-state index in [-0.39, 0.29) is 0 Å². The summed E-state index contributed by atoms with van der Waals surface area (Å²) >= 11 is 0. The topological polar surface area (TPSA) is 81.8 Å². The molecule has 0 saturated heterocycles. The number of aromatic amines is 1. The molecule has 0 radical (unpaired) electrons. The van der Waals surface area contributed by atoms with Crippen LogP contribution >= 0.6 is 0 Å². The van der Waals surface area contributed by atoms with Gasteiger partial charge in [-0.25, -0.2) is 4.68 Å². The zero-order valence-corrected chi connectivity index (χ0v) is 14.9. The lowest BCUT2D eigenvalue weighted by atomic mass is 10.1. The van der Waals surface area contributed by atoms with Crippen molar-refractivity contribution in [2.75, 3.05) is 5.73 Å². The van der Waals surface area contributed by atoms with Gasteiger partial charge in [-0.15, -0.1) is 0 Å². The molecule has 4 aromatic rings. The van der Waals surface area contributed by atoms with Gasteiger partial charge in [0.05, 0.1) is 11.4 Å². The number of nitrogens with two attached hydrogens (primary N) is 1. The van der Waals surface area contributed by atoms with Crippen molar-refractivity contribution in [3.05, 3.63) is 54.6 Å². The Morgan fingerprint density at radius 3 is 2.41 bits per heavy atom. The molecular formula is C21H21N5O. The van der Waals surface area contributed by atoms with Gasteiger partial charge in [-0.2, -0.15) is 10.2 Å². The first kappa shape index (κ1) is 15.9. The first-order valence-corrected chi connectivity index (χ1v) is 9.35. The average Bonchev–Trinajstić information content (AvgIpc) is 3.42. The van der Waals surface area contributed by atoms with Crippen molar-refractivity contribution in [2.45, 2.75) is 31.7 Å². The van der Waals surface area contributed by atoms with Crippen molar-refractivity contribution < 1.29 is 4.74 Å². The summed E-state index contributed by atoms with van der Waals surface area (Å²) in [5.41, 5.74) is 8.88. The number of para-hydroxylation sites is 1. The lowest BCUT2D eigenvalue weighted by molar-refractivity contribution is 0.478. The van der Waals surface area contributed by atoms with E-state index in [0.29, 0.717) is 11.9 Å². The van der Waals surface area contributed by atoms with E-state index >= 15 is 0 Å². The summed E-state index contributed by atoms with van der Waals surface area (Å²) in [6.45, 7) is 0. The van der Waals surface area contributed by atoms with E-state index in [1.807, 2.05) is 54.6 Å². The molecule has 0 aliphatic heterocycles. The van der Waals surface area contributed by atoms with Crippen LogP contribution in [0.25, 0.3) is 22.3 Å². The summed E-state index contributed by atoms with van der Waals surface area (Å²) in [6.07, 6.45) is 4.78. The quantitative estimate of drug-likeness (QED) is 0.542. The molecule has 6 nitrogen and oxygen atoms in total. The largest absolute Gasteiger partial charge is 0.457 e. The number of H-pyrrole nitrogens is 1. The number of hydrogen-bond acceptors (Lipinski definition) is 4. The Morgan fingerprint density at radius 1 is 0.963 bits per heavy atom. The highest BCUT2D eigenvalue weighted by Crippen LogP contribution is 2.37. The summed E-state index contributed by atoms with van der Waals surface area (Å²) < 4.78 is 7.94. The van der Waals surface area contributed by atoms with Crippen LogP contribution in [-0.2, 0) is 0 Å². The molecule has 6 heteroatoms. The minimum Gasteiger partial charge on any atom is -0.457 e. The molecule has 136 valence electrons. The van der Waals surface area contributed by atoms with Gasteiger partial charge >= 0.3 is 0 Å². The van der Waals surface area contributed by atoms with Gasteiger partial charge in [0.15, 0.2) is 5.65 Å². The van der Waals surface area contributed by atoms with Crippen LogP contribution in [0, 0.1) is 0 Å². The summed E-state index contributed by atoms with van der Waals surface area (Å²) in [5.74, 6) is 2.17. The third kappa shape index (κ3) is 2.83. The van der Waals surface area contributed by atoms with Crippen LogP contribution in [0.2, 0.25) is 0 Å². The highest BCUT2D eigenvalue weighted by molar-refractivity contribution is 5.98. The van der Waals surface area contributed by atoms with Crippen LogP contribution in [0.3, 0.4) is 0 Å². The van der Waals surface area contributed by atoms with Gasteiger partial charge in [0.2, 0.25) is 0 Å². The van der Waals surface area contributed by atoms with Crippen LogP contribution in [0.5, 0.6) is 11.5 Å². The molecule has 1 aliphatic rings. The predicted molar refractivity (Wildman–Crippen MR) is 106 cm³/mol. The number of rotatable bonds is 4. The molecule has 1 fully saturated rings. The third-order valence-corrected chi connectivity index (χ3v) is 5.21. The summed E-state index contributed by atoms with van der Waals surface area (Å²) in [7, 11) is 0. The molecule has 1 saturated carbocycles. The fourth-order valence-corrected chi connectivity index (χ4v) is 3.86. The average molecular weight is 359 g/mol. The lowest BCUT2D eigenvalue weighted by Gasteiger charge is -2.09. The summed E-state index contributed by atoms with van der Waals surface area (Å²) in [4.78, 5) is 0. The van der Waals surface area contributed by atoms with Gasteiger partial charge < -0.3 is 10.5 Å². The first-order valence-electron chi connectivity index (χ1n) is 9.35. The Kier molecular flexibility index (Phi) is 3.81. The van der Waals surface area contributed by atoms with Crippen molar-refractivity contribution in [1.29, 1.82) is 0 Å². The van der Waals surface area contributed by atoms with Crippen LogP contribution in [-0.4, -0.2) is 20.0 Å². The van der Waals surface area contributed by atoms with E-state index in [1.165, 1.54) is 12.8 Å². The van der Waals surface area contributed by atoms with Gasteiger partial charge in [0.25, 0.3) is 0 Å². The maximum atomic E-state index is 6.16. The van der Waals surface area contributed by atoms with E-state index in [0.717, 1.165) is 46.6 Å². The van der Waals surface area contributed by atoms with Crippen molar-refractivity contribution in [3.63, 3.8) is 0 Å². The van der Waals surface area contributed by atoms with Crippen LogP contribution in [0.1, 0.15) is 31.7 Å². The number of benzene rings is 2. The predicted octanol–water partition coefficient (Wildman–Crippen LogP) is 4.92. The van der Waals surface area contributed by atoms with E-state index in [1.54, 1.807) is 0 Å². The molecule has 1 aliphatic carbocycles. The van der Waals surface area contributed by atoms with Crippen LogP contribution < -0.4 is 10.5 Å². The number of aromatic nitrogens is 4. The Balaban J connectivity index is 1.50. The van der Waals surface area contributed by atoms with Crippen LogP contribution in [0.4, 0.5) is 5.82 Å². The minimum absolute atomic E-state index is 0.407. The Morgan fingerprint density at radius 2 is 1.67 bits per heavy atom. The van der Waals surface area contributed by atoms with Crippen LogP contribution in [0.15, 0.2) is 54.6 Å². The number of hydrogen-bond donors (Lipinski definition) is 2. The smallest absolute Gasteiger partial charge is 0.182 e. The highest BCUT2D eigenvalue weighted by atomic mass is 16.5. The number of fused-ring (bicyclic) bond motifs is 1. The Hall–Kier alpha value is -3.28. The molecule has 2 heterocycles. The molecule has 0 spiro atoms. The van der Waals surface area contributed by atoms with E-state index in [4.69, 9.17) is 15.6 Å². The van der Waals surface area contributed by atoms with E-state index < -0.39 is 0 Å². The second-order valence-electron chi connectivity index (χ2n) is 7.01. The van der Waals surface area contributed by atoms with Gasteiger partial charge in [0, 0.05) is 5.56 Å². The Labute approximate surface area is 157 Å². The summed E-state index contributed by atoms with van der Waals surface area (Å²) in [5, 5.41) is 13.1. The van der Waals surface area contributed by atoms with Gasteiger partial charge in [-0.1, -0.05) is 31.0 Å². The second-order valence-corrected chi connectivity index (χ2v) is 7.01. The Bertz CT molecular complexity index is 1060. The van der Waals surface area contributed by atoms with Crippen molar-refractivity contribution in [1.82, 2.24) is 20.0 Å². The number of nitrogens with zero attached hydrogens (tertiary/aromatic N) is 3. The zero-order chi connectivity index (χ0) is 18.2. The maximum absolute atomic E-state index is 6.16. The lowest BCUT2D eigenvalue weighted by Crippen LogP contribution is -2.07.